The Kier molecular flexibility index (Phi) is 5.27. The number of hydrogen-bond donors (Lipinski definition) is 2. The Labute approximate surface area is 129 Å². The molecular formula is C14H19Cl2N2O2+. The first-order valence-electron chi connectivity index (χ1n) is 6.68. The van der Waals surface area contributed by atoms with Gasteiger partial charge in [0.15, 0.2) is 6.54 Å². The molecule has 0 bridgehead atoms. The summed E-state index contributed by atoms with van der Waals surface area (Å²) in [4.78, 5) is 13.3. The lowest BCUT2D eigenvalue weighted by Gasteiger charge is -2.31. The second-order valence-corrected chi connectivity index (χ2v) is 6.03. The highest BCUT2D eigenvalue weighted by Crippen LogP contribution is 2.29. The van der Waals surface area contributed by atoms with E-state index in [-0.39, 0.29) is 18.1 Å². The maximum absolute atomic E-state index is 12.1. The third-order valence-corrected chi connectivity index (χ3v) is 4.07. The number of halogens is 2. The van der Waals surface area contributed by atoms with E-state index in [2.05, 4.69) is 5.32 Å². The molecule has 0 spiro atoms. The smallest absolute Gasteiger partial charge is 0.279 e. The molecule has 0 radical (unpaired) electrons. The van der Waals surface area contributed by atoms with Crippen LogP contribution in [0.2, 0.25) is 10.0 Å². The standard InChI is InChI=1S/C14H18Cl2N2O2/c1-9-6-18(7-10(2)20-9)8-13(19)17-12-5-3-4-11(15)14(12)16/h3-5,9-10H,6-8H2,1-2H3,(H,17,19)/p+1/t9-,10-/m1/s1. The summed E-state index contributed by atoms with van der Waals surface area (Å²) >= 11 is 12.0. The molecule has 1 aromatic rings. The fourth-order valence-corrected chi connectivity index (χ4v) is 2.90. The van der Waals surface area contributed by atoms with Crippen molar-refractivity contribution < 1.29 is 14.4 Å². The van der Waals surface area contributed by atoms with Crippen LogP contribution in [-0.2, 0) is 9.53 Å². The molecule has 20 heavy (non-hydrogen) atoms. The van der Waals surface area contributed by atoms with Crippen LogP contribution in [0.3, 0.4) is 0 Å². The Bertz CT molecular complexity index is 486. The van der Waals surface area contributed by atoms with Gasteiger partial charge in [-0.15, -0.1) is 0 Å². The summed E-state index contributed by atoms with van der Waals surface area (Å²) < 4.78 is 5.66. The number of ether oxygens (including phenoxy) is 1. The zero-order chi connectivity index (χ0) is 14.7. The third kappa shape index (κ3) is 4.09. The molecule has 0 unspecified atom stereocenters. The van der Waals surface area contributed by atoms with Crippen molar-refractivity contribution in [3.63, 3.8) is 0 Å². The number of hydrogen-bond acceptors (Lipinski definition) is 2. The Balaban J connectivity index is 1.94. The van der Waals surface area contributed by atoms with Gasteiger partial charge in [-0.3, -0.25) is 4.79 Å². The van der Waals surface area contributed by atoms with E-state index in [0.717, 1.165) is 13.1 Å². The predicted molar refractivity (Wildman–Crippen MR) is 80.7 cm³/mol. The van der Waals surface area contributed by atoms with E-state index < -0.39 is 0 Å². The molecule has 1 heterocycles. The fraction of sp³-hybridized carbons (Fsp3) is 0.500. The highest BCUT2D eigenvalue weighted by Gasteiger charge is 2.27. The minimum absolute atomic E-state index is 0.0644. The lowest BCUT2D eigenvalue weighted by Crippen LogP contribution is -3.16. The lowest BCUT2D eigenvalue weighted by atomic mass is 10.2. The van der Waals surface area contributed by atoms with Crippen molar-refractivity contribution in [2.75, 3.05) is 25.0 Å². The Hall–Kier alpha value is -0.810. The van der Waals surface area contributed by atoms with Gasteiger partial charge in [-0.1, -0.05) is 29.3 Å². The van der Waals surface area contributed by atoms with Gasteiger partial charge in [-0.2, -0.15) is 0 Å². The molecule has 0 aromatic heterocycles. The van der Waals surface area contributed by atoms with Crippen LogP contribution in [-0.4, -0.2) is 37.7 Å². The Morgan fingerprint density at radius 3 is 2.65 bits per heavy atom. The Morgan fingerprint density at radius 2 is 2.00 bits per heavy atom. The van der Waals surface area contributed by atoms with E-state index in [0.29, 0.717) is 22.3 Å². The number of amides is 1. The zero-order valence-electron chi connectivity index (χ0n) is 11.6. The molecule has 0 aliphatic carbocycles. The first kappa shape index (κ1) is 15.6. The second-order valence-electron chi connectivity index (χ2n) is 5.24. The zero-order valence-corrected chi connectivity index (χ0v) is 13.1. The molecule has 2 rings (SSSR count). The van der Waals surface area contributed by atoms with Crippen LogP contribution in [0, 0.1) is 0 Å². The van der Waals surface area contributed by atoms with E-state index in [1.807, 2.05) is 13.8 Å². The quantitative estimate of drug-likeness (QED) is 0.889. The van der Waals surface area contributed by atoms with Gasteiger partial charge in [0.05, 0.1) is 15.7 Å². The topological polar surface area (TPSA) is 42.8 Å². The van der Waals surface area contributed by atoms with Gasteiger partial charge in [0.1, 0.15) is 25.3 Å². The molecular weight excluding hydrogens is 299 g/mol. The number of carbonyl (C=O) groups is 1. The minimum Gasteiger partial charge on any atom is -0.364 e. The third-order valence-electron chi connectivity index (χ3n) is 3.25. The van der Waals surface area contributed by atoms with Gasteiger partial charge in [-0.05, 0) is 26.0 Å². The van der Waals surface area contributed by atoms with Crippen LogP contribution < -0.4 is 10.2 Å². The van der Waals surface area contributed by atoms with Crippen LogP contribution >= 0.6 is 23.2 Å². The molecule has 6 heteroatoms. The van der Waals surface area contributed by atoms with Gasteiger partial charge in [-0.25, -0.2) is 0 Å². The van der Waals surface area contributed by atoms with E-state index in [4.69, 9.17) is 27.9 Å². The number of anilines is 1. The van der Waals surface area contributed by atoms with Crippen LogP contribution in [0.1, 0.15) is 13.8 Å². The van der Waals surface area contributed by atoms with Gasteiger partial charge in [0.2, 0.25) is 0 Å². The molecule has 1 saturated heterocycles. The van der Waals surface area contributed by atoms with Crippen molar-refractivity contribution in [3.05, 3.63) is 28.2 Å². The van der Waals surface area contributed by atoms with Gasteiger partial charge in [0.25, 0.3) is 5.91 Å². The summed E-state index contributed by atoms with van der Waals surface area (Å²) in [5.74, 6) is -0.0644. The molecule has 0 saturated carbocycles. The fourth-order valence-electron chi connectivity index (χ4n) is 2.56. The monoisotopic (exact) mass is 317 g/mol. The van der Waals surface area contributed by atoms with Crippen molar-refractivity contribution in [2.45, 2.75) is 26.1 Å². The predicted octanol–water partition coefficient (Wildman–Crippen LogP) is 1.62. The van der Waals surface area contributed by atoms with Crippen LogP contribution in [0.5, 0.6) is 0 Å². The summed E-state index contributed by atoms with van der Waals surface area (Å²) in [6.45, 7) is 6.13. The van der Waals surface area contributed by atoms with Gasteiger partial charge in [0, 0.05) is 0 Å². The van der Waals surface area contributed by atoms with Crippen molar-refractivity contribution in [3.8, 4) is 0 Å². The highest BCUT2D eigenvalue weighted by molar-refractivity contribution is 6.43. The number of morpholine rings is 1. The Morgan fingerprint density at radius 1 is 1.35 bits per heavy atom. The molecule has 4 nitrogen and oxygen atoms in total. The summed E-state index contributed by atoms with van der Waals surface area (Å²) in [6.07, 6.45) is 0.354. The summed E-state index contributed by atoms with van der Waals surface area (Å²) in [5, 5.41) is 3.62. The molecule has 1 aliphatic rings. The first-order chi connectivity index (χ1) is 9.45. The molecule has 2 atom stereocenters. The van der Waals surface area contributed by atoms with Crippen molar-refractivity contribution in [2.24, 2.45) is 0 Å². The maximum atomic E-state index is 12.1. The van der Waals surface area contributed by atoms with Crippen molar-refractivity contribution in [1.82, 2.24) is 0 Å². The number of benzene rings is 1. The molecule has 2 N–H and O–H groups in total. The number of quaternary nitrogens is 1. The maximum Gasteiger partial charge on any atom is 0.279 e. The second kappa shape index (κ2) is 6.76. The average Bonchev–Trinajstić information content (AvgIpc) is 2.33. The van der Waals surface area contributed by atoms with Gasteiger partial charge < -0.3 is 15.0 Å². The van der Waals surface area contributed by atoms with Crippen LogP contribution in [0.15, 0.2) is 18.2 Å². The molecule has 1 aliphatic heterocycles. The van der Waals surface area contributed by atoms with Crippen LogP contribution in [0.4, 0.5) is 5.69 Å². The van der Waals surface area contributed by atoms with E-state index in [1.165, 1.54) is 4.90 Å². The molecule has 1 amide bonds. The van der Waals surface area contributed by atoms with Gasteiger partial charge >= 0.3 is 0 Å². The SMILES string of the molecule is C[C@@H]1C[NH+](CC(=O)Nc2cccc(Cl)c2Cl)C[C@@H](C)O1. The minimum atomic E-state index is -0.0644. The summed E-state index contributed by atoms with van der Waals surface area (Å²) in [6, 6.07) is 5.19. The normalized spacial score (nSPS) is 26.3. The average molecular weight is 318 g/mol. The molecule has 110 valence electrons. The number of carbonyl (C=O) groups excluding carboxylic acids is 1. The molecule has 1 aromatic carbocycles. The summed E-state index contributed by atoms with van der Waals surface area (Å²) in [7, 11) is 0. The summed E-state index contributed by atoms with van der Waals surface area (Å²) in [5.41, 5.74) is 0.554. The van der Waals surface area contributed by atoms with E-state index in [1.54, 1.807) is 18.2 Å². The highest BCUT2D eigenvalue weighted by atomic mass is 35.5. The molecule has 1 fully saturated rings. The number of rotatable bonds is 3. The van der Waals surface area contributed by atoms with Crippen LogP contribution in [0.25, 0.3) is 0 Å². The van der Waals surface area contributed by atoms with E-state index in [9.17, 15) is 4.79 Å². The van der Waals surface area contributed by atoms with Crippen molar-refractivity contribution in [1.29, 1.82) is 0 Å². The van der Waals surface area contributed by atoms with E-state index >= 15 is 0 Å². The largest absolute Gasteiger partial charge is 0.364 e. The number of nitrogens with one attached hydrogen (secondary N) is 2. The first-order valence-corrected chi connectivity index (χ1v) is 7.44. The lowest BCUT2D eigenvalue weighted by molar-refractivity contribution is -0.907. The van der Waals surface area contributed by atoms with Crippen molar-refractivity contribution >= 4 is 34.8 Å².